The van der Waals surface area contributed by atoms with Gasteiger partial charge in [0.05, 0.1) is 0 Å². The van der Waals surface area contributed by atoms with Gasteiger partial charge in [-0.3, -0.25) is 4.98 Å². The van der Waals surface area contributed by atoms with E-state index in [-0.39, 0.29) is 0 Å². The molecule has 25 heavy (non-hydrogen) atoms. The largest absolute Gasteiger partial charge is 0.310 e. The van der Waals surface area contributed by atoms with Crippen LogP contribution in [0, 0.1) is 13.8 Å². The minimum absolute atomic E-state index is 0.338. The summed E-state index contributed by atoms with van der Waals surface area (Å²) in [4.78, 5) is 13.5. The molecule has 2 heterocycles. The first kappa shape index (κ1) is 17.2. The number of nitrogens with zero attached hydrogens (tertiary/aromatic N) is 3. The summed E-state index contributed by atoms with van der Waals surface area (Å²) in [5.41, 5.74) is 5.74. The van der Waals surface area contributed by atoms with Crippen molar-refractivity contribution in [2.75, 3.05) is 0 Å². The summed E-state index contributed by atoms with van der Waals surface area (Å²) in [6, 6.07) is 12.7. The molecule has 0 aliphatic carbocycles. The molecule has 0 saturated carbocycles. The molecule has 0 saturated heterocycles. The molecule has 0 radical (unpaired) electrons. The molecule has 1 atom stereocenters. The van der Waals surface area contributed by atoms with Crippen LogP contribution < -0.4 is 5.32 Å². The van der Waals surface area contributed by atoms with Gasteiger partial charge in [-0.15, -0.1) is 0 Å². The predicted molar refractivity (Wildman–Crippen MR) is 101 cm³/mol. The Morgan fingerprint density at radius 2 is 1.80 bits per heavy atom. The lowest BCUT2D eigenvalue weighted by atomic mass is 10.1. The topological polar surface area (TPSA) is 50.7 Å². The average molecular weight is 332 g/mol. The number of rotatable bonds is 6. The van der Waals surface area contributed by atoms with Crippen molar-refractivity contribution >= 4 is 0 Å². The van der Waals surface area contributed by atoms with E-state index in [4.69, 9.17) is 0 Å². The molecular formula is C21H24N4. The number of hydrogen-bond acceptors (Lipinski definition) is 4. The monoisotopic (exact) mass is 332 g/mol. The molecular weight excluding hydrogens is 308 g/mol. The molecule has 1 N–H and O–H groups in total. The first-order valence-electron chi connectivity index (χ1n) is 8.63. The molecule has 3 rings (SSSR count). The Morgan fingerprint density at radius 3 is 2.52 bits per heavy atom. The second kappa shape index (κ2) is 7.99. The molecule has 0 amide bonds. The van der Waals surface area contributed by atoms with Crippen LogP contribution in [0.1, 0.15) is 29.3 Å². The minimum Gasteiger partial charge on any atom is -0.310 e. The summed E-state index contributed by atoms with van der Waals surface area (Å²) < 4.78 is 0. The molecule has 1 aromatic carbocycles. The third kappa shape index (κ3) is 4.70. The minimum atomic E-state index is 0.338. The molecule has 4 nitrogen and oxygen atoms in total. The standard InChI is InChI=1S/C21H24N4/c1-15-6-4-8-19(10-15)21-24-13-18(14-25-21)12-23-17(3)11-20-16(2)7-5-9-22-20/h4-10,13-14,17,23H,11-12H2,1-3H3/t17-/m1/s1. The van der Waals surface area contributed by atoms with E-state index in [1.54, 1.807) is 0 Å². The predicted octanol–water partition coefficient (Wildman–Crippen LogP) is 3.88. The van der Waals surface area contributed by atoms with Gasteiger partial charge in [0.25, 0.3) is 0 Å². The van der Waals surface area contributed by atoms with Crippen LogP contribution in [0.2, 0.25) is 0 Å². The lowest BCUT2D eigenvalue weighted by Crippen LogP contribution is -2.28. The van der Waals surface area contributed by atoms with Gasteiger partial charge in [0.15, 0.2) is 5.82 Å². The first-order chi connectivity index (χ1) is 12.1. The van der Waals surface area contributed by atoms with Gasteiger partial charge in [-0.1, -0.05) is 29.8 Å². The SMILES string of the molecule is Cc1cccc(-c2ncc(CN[C@H](C)Cc3ncccc3C)cn2)c1. The van der Waals surface area contributed by atoms with E-state index >= 15 is 0 Å². The van der Waals surface area contributed by atoms with Gasteiger partial charge in [-0.25, -0.2) is 9.97 Å². The fourth-order valence-electron chi connectivity index (χ4n) is 2.77. The second-order valence-corrected chi connectivity index (χ2v) is 6.54. The Hall–Kier alpha value is -2.59. The van der Waals surface area contributed by atoms with Crippen molar-refractivity contribution in [3.63, 3.8) is 0 Å². The third-order valence-corrected chi connectivity index (χ3v) is 4.25. The third-order valence-electron chi connectivity index (χ3n) is 4.25. The van der Waals surface area contributed by atoms with Crippen LogP contribution in [0.25, 0.3) is 11.4 Å². The molecule has 0 bridgehead atoms. The van der Waals surface area contributed by atoms with Crippen molar-refractivity contribution in [3.05, 3.63) is 77.4 Å². The van der Waals surface area contributed by atoms with Crippen LogP contribution in [0.5, 0.6) is 0 Å². The lowest BCUT2D eigenvalue weighted by Gasteiger charge is -2.14. The molecule has 2 aromatic heterocycles. The van der Waals surface area contributed by atoms with E-state index in [9.17, 15) is 0 Å². The van der Waals surface area contributed by atoms with Crippen molar-refractivity contribution in [3.8, 4) is 11.4 Å². The highest BCUT2D eigenvalue weighted by atomic mass is 14.9. The van der Waals surface area contributed by atoms with Gasteiger partial charge in [0.1, 0.15) is 0 Å². The van der Waals surface area contributed by atoms with Gasteiger partial charge in [-0.05, 0) is 38.5 Å². The first-order valence-corrected chi connectivity index (χ1v) is 8.63. The van der Waals surface area contributed by atoms with E-state index in [1.165, 1.54) is 11.1 Å². The smallest absolute Gasteiger partial charge is 0.159 e. The summed E-state index contributed by atoms with van der Waals surface area (Å²) in [7, 11) is 0. The van der Waals surface area contributed by atoms with Crippen LogP contribution >= 0.6 is 0 Å². The van der Waals surface area contributed by atoms with E-state index in [1.807, 2.05) is 36.8 Å². The average Bonchev–Trinajstić information content (AvgIpc) is 2.62. The van der Waals surface area contributed by atoms with Crippen molar-refractivity contribution in [1.82, 2.24) is 20.3 Å². The van der Waals surface area contributed by atoms with Gasteiger partial charge in [0, 0.05) is 54.4 Å². The van der Waals surface area contributed by atoms with E-state index in [0.29, 0.717) is 6.04 Å². The van der Waals surface area contributed by atoms with E-state index in [0.717, 1.165) is 35.6 Å². The zero-order valence-electron chi connectivity index (χ0n) is 15.0. The Bertz CT molecular complexity index is 827. The van der Waals surface area contributed by atoms with Crippen molar-refractivity contribution < 1.29 is 0 Å². The van der Waals surface area contributed by atoms with Gasteiger partial charge < -0.3 is 5.32 Å². The zero-order valence-corrected chi connectivity index (χ0v) is 15.0. The maximum atomic E-state index is 4.50. The van der Waals surface area contributed by atoms with Crippen LogP contribution in [0.3, 0.4) is 0 Å². The maximum Gasteiger partial charge on any atom is 0.159 e. The molecule has 0 unspecified atom stereocenters. The van der Waals surface area contributed by atoms with Gasteiger partial charge in [0.2, 0.25) is 0 Å². The Kier molecular flexibility index (Phi) is 5.51. The molecule has 4 heteroatoms. The van der Waals surface area contributed by atoms with Crippen molar-refractivity contribution in [2.45, 2.75) is 39.8 Å². The van der Waals surface area contributed by atoms with Crippen LogP contribution in [0.4, 0.5) is 0 Å². The zero-order chi connectivity index (χ0) is 17.6. The molecule has 0 aliphatic heterocycles. The maximum absolute atomic E-state index is 4.50. The molecule has 0 aliphatic rings. The van der Waals surface area contributed by atoms with E-state index in [2.05, 4.69) is 59.2 Å². The molecule has 0 spiro atoms. The van der Waals surface area contributed by atoms with Crippen LogP contribution in [-0.2, 0) is 13.0 Å². The Balaban J connectivity index is 1.57. The number of nitrogens with one attached hydrogen (secondary N) is 1. The summed E-state index contributed by atoms with van der Waals surface area (Å²) in [5.74, 6) is 0.768. The summed E-state index contributed by atoms with van der Waals surface area (Å²) >= 11 is 0. The van der Waals surface area contributed by atoms with E-state index < -0.39 is 0 Å². The highest BCUT2D eigenvalue weighted by Crippen LogP contribution is 2.15. The summed E-state index contributed by atoms with van der Waals surface area (Å²) in [5, 5.41) is 3.52. The molecule has 3 aromatic rings. The van der Waals surface area contributed by atoms with Crippen LogP contribution in [-0.4, -0.2) is 21.0 Å². The fourth-order valence-corrected chi connectivity index (χ4v) is 2.77. The normalized spacial score (nSPS) is 12.1. The number of aromatic nitrogens is 3. The highest BCUT2D eigenvalue weighted by Gasteiger charge is 2.07. The highest BCUT2D eigenvalue weighted by molar-refractivity contribution is 5.55. The Labute approximate surface area is 149 Å². The van der Waals surface area contributed by atoms with Gasteiger partial charge in [-0.2, -0.15) is 0 Å². The second-order valence-electron chi connectivity index (χ2n) is 6.54. The summed E-state index contributed by atoms with van der Waals surface area (Å²) in [6.07, 6.45) is 6.56. The number of hydrogen-bond donors (Lipinski definition) is 1. The number of aryl methyl sites for hydroxylation is 2. The van der Waals surface area contributed by atoms with Crippen molar-refractivity contribution in [2.24, 2.45) is 0 Å². The number of benzene rings is 1. The lowest BCUT2D eigenvalue weighted by molar-refractivity contribution is 0.538. The fraction of sp³-hybridized carbons (Fsp3) is 0.286. The Morgan fingerprint density at radius 1 is 1.00 bits per heavy atom. The van der Waals surface area contributed by atoms with Gasteiger partial charge >= 0.3 is 0 Å². The summed E-state index contributed by atoms with van der Waals surface area (Å²) in [6.45, 7) is 7.11. The van der Waals surface area contributed by atoms with Crippen LogP contribution in [0.15, 0.2) is 55.0 Å². The number of pyridine rings is 1. The quantitative estimate of drug-likeness (QED) is 0.744. The van der Waals surface area contributed by atoms with Crippen molar-refractivity contribution in [1.29, 1.82) is 0 Å². The molecule has 0 fully saturated rings. The molecule has 128 valence electrons.